The summed E-state index contributed by atoms with van der Waals surface area (Å²) >= 11 is 0. The first-order valence-corrected chi connectivity index (χ1v) is 13.3. The van der Waals surface area contributed by atoms with Crippen molar-refractivity contribution in [2.24, 2.45) is 0 Å². The molecule has 0 atom stereocenters. The van der Waals surface area contributed by atoms with E-state index >= 15 is 0 Å². The fourth-order valence-electron chi connectivity index (χ4n) is 2.33. The first kappa shape index (κ1) is 39.3. The molecule has 8 heteroatoms. The predicted octanol–water partition coefficient (Wildman–Crippen LogP) is -2.84. The van der Waals surface area contributed by atoms with Crippen LogP contribution in [0.1, 0.15) is 71.1 Å². The molecule has 0 radical (unpaired) electrons. The second-order valence-corrected chi connectivity index (χ2v) is 12.1. The topological polar surface area (TPSA) is 32.6 Å². The number of nitrogens with zero attached hydrogens (tertiary/aromatic N) is 1. The van der Waals surface area contributed by atoms with Gasteiger partial charge in [-0.05, 0) is 25.7 Å². The Morgan fingerprint density at radius 1 is 0.667 bits per heavy atom. The van der Waals surface area contributed by atoms with Gasteiger partial charge in [-0.2, -0.15) is 6.54 Å². The monoisotopic (exact) mass is 539 g/mol. The minimum absolute atomic E-state index is 0. The molecular weight excluding hydrogens is 500 g/mol. The number of unbranched alkanes of at least 4 members (excludes halogenated alkanes) is 5. The summed E-state index contributed by atoms with van der Waals surface area (Å²) in [5, 5.41) is 0. The second kappa shape index (κ2) is 30.0. The number of rotatable bonds is 8. The van der Waals surface area contributed by atoms with Crippen LogP contribution in [0.2, 0.25) is 19.6 Å². The van der Waals surface area contributed by atoms with Crippen LogP contribution in [0, 0.1) is 0 Å². The third kappa shape index (κ3) is 39.0. The predicted molar refractivity (Wildman–Crippen MR) is 105 cm³/mol. The fraction of sp³-hybridized carbons (Fsp3) is 1.00. The molecule has 2 aliphatic heterocycles. The summed E-state index contributed by atoms with van der Waals surface area (Å²) in [6.07, 6.45) is 13.4. The van der Waals surface area contributed by atoms with E-state index in [4.69, 9.17) is 14.5 Å². The van der Waals surface area contributed by atoms with Crippen molar-refractivity contribution in [2.75, 3.05) is 33.0 Å². The standard InChI is InChI=1S/C11H26NSi.2C4H8O.3ClH.Zr/c1-5-6-7-8-9-10-11-12-13(2,3)4;2*1-2-4-5-3-1;;;;/h5-11H2,1-4H3;2*1-4H2;3*1H;/q-1;;;;;;+4/p-3. The zero-order valence-corrected chi connectivity index (χ0v) is 23.7. The van der Waals surface area contributed by atoms with Crippen molar-refractivity contribution in [3.8, 4) is 0 Å². The normalized spacial score (nSPS) is 14.7. The quantitative estimate of drug-likeness (QED) is 0.245. The summed E-state index contributed by atoms with van der Waals surface area (Å²) in [4.78, 5) is 4.71. The molecule has 164 valence electrons. The van der Waals surface area contributed by atoms with E-state index in [-0.39, 0.29) is 63.4 Å². The van der Waals surface area contributed by atoms with Gasteiger partial charge in [0.25, 0.3) is 0 Å². The fourth-order valence-corrected chi connectivity index (χ4v) is 3.16. The SMILES string of the molecule is C1CCOC1.C1CCOC1.CCCCCCCC[N-][Si](C)(C)C.[Cl-].[Cl-].[Cl-].[Zr+4]. The number of ether oxygens (including phenoxy) is 2. The van der Waals surface area contributed by atoms with E-state index < -0.39 is 8.24 Å². The van der Waals surface area contributed by atoms with Crippen LogP contribution < -0.4 is 37.2 Å². The van der Waals surface area contributed by atoms with Crippen LogP contribution in [0.15, 0.2) is 0 Å². The molecule has 0 spiro atoms. The van der Waals surface area contributed by atoms with Crippen LogP contribution in [0.3, 0.4) is 0 Å². The molecule has 2 saturated heterocycles. The first-order valence-electron chi connectivity index (χ1n) is 9.90. The van der Waals surface area contributed by atoms with Crippen LogP contribution in [-0.4, -0.2) is 41.2 Å². The maximum atomic E-state index is 4.94. The second-order valence-electron chi connectivity index (χ2n) is 7.46. The van der Waals surface area contributed by atoms with Crippen molar-refractivity contribution in [3.63, 3.8) is 0 Å². The van der Waals surface area contributed by atoms with Crippen molar-refractivity contribution in [1.82, 2.24) is 0 Å². The van der Waals surface area contributed by atoms with Crippen molar-refractivity contribution < 1.29 is 72.9 Å². The third-order valence-corrected chi connectivity index (χ3v) is 4.92. The van der Waals surface area contributed by atoms with E-state index in [1.165, 1.54) is 64.2 Å². The van der Waals surface area contributed by atoms with Gasteiger partial charge in [0, 0.05) is 26.4 Å². The molecule has 0 saturated carbocycles. The summed E-state index contributed by atoms with van der Waals surface area (Å²) in [7, 11) is -1.11. The van der Waals surface area contributed by atoms with E-state index in [0.717, 1.165) is 33.0 Å². The summed E-state index contributed by atoms with van der Waals surface area (Å²) in [6, 6.07) is 0. The molecule has 0 aromatic rings. The van der Waals surface area contributed by atoms with Gasteiger partial charge in [-0.3, -0.25) is 0 Å². The molecule has 0 amide bonds. The van der Waals surface area contributed by atoms with E-state index in [1.807, 2.05) is 0 Å². The molecule has 2 fully saturated rings. The Morgan fingerprint density at radius 3 is 1.33 bits per heavy atom. The summed E-state index contributed by atoms with van der Waals surface area (Å²) in [6.45, 7) is 14.3. The number of halogens is 3. The van der Waals surface area contributed by atoms with Gasteiger partial charge < -0.3 is 51.7 Å². The molecular formula is C19H42Cl3NO2SiZr. The average molecular weight is 542 g/mol. The molecule has 0 unspecified atom stereocenters. The Kier molecular flexibility index (Phi) is 43.8. The molecule has 0 bridgehead atoms. The van der Waals surface area contributed by atoms with E-state index in [0.29, 0.717) is 0 Å². The van der Waals surface area contributed by atoms with Crippen molar-refractivity contribution >= 4 is 8.24 Å². The summed E-state index contributed by atoms with van der Waals surface area (Å²) in [5.74, 6) is 0. The van der Waals surface area contributed by atoms with E-state index in [1.54, 1.807) is 0 Å². The van der Waals surface area contributed by atoms with Crippen molar-refractivity contribution in [3.05, 3.63) is 4.98 Å². The molecule has 0 aliphatic carbocycles. The molecule has 27 heavy (non-hydrogen) atoms. The van der Waals surface area contributed by atoms with Gasteiger partial charge in [-0.25, -0.2) is 0 Å². The van der Waals surface area contributed by atoms with E-state index in [9.17, 15) is 0 Å². The minimum atomic E-state index is -1.11. The maximum Gasteiger partial charge on any atom is 4.00 e. The largest absolute Gasteiger partial charge is 4.00 e. The third-order valence-electron chi connectivity index (χ3n) is 3.75. The molecule has 0 N–H and O–H groups in total. The molecule has 2 aliphatic rings. The van der Waals surface area contributed by atoms with Crippen LogP contribution >= 0.6 is 0 Å². The Bertz CT molecular complexity index is 218. The Hall–Kier alpha value is 1.85. The molecule has 0 aromatic carbocycles. The van der Waals surface area contributed by atoms with Crippen LogP contribution in [-0.2, 0) is 35.7 Å². The smallest absolute Gasteiger partial charge is 1.00 e. The van der Waals surface area contributed by atoms with Gasteiger partial charge in [0.05, 0.1) is 0 Å². The zero-order valence-electron chi connectivity index (χ0n) is 18.0. The van der Waals surface area contributed by atoms with Crippen LogP contribution in [0.4, 0.5) is 0 Å². The molecule has 0 aromatic heterocycles. The first-order chi connectivity index (χ1) is 11.1. The van der Waals surface area contributed by atoms with E-state index in [2.05, 4.69) is 26.6 Å². The van der Waals surface area contributed by atoms with Crippen molar-refractivity contribution in [2.45, 2.75) is 90.8 Å². The van der Waals surface area contributed by atoms with Gasteiger partial charge >= 0.3 is 26.2 Å². The van der Waals surface area contributed by atoms with Gasteiger partial charge in [0.1, 0.15) is 0 Å². The Labute approximate surface area is 208 Å². The number of hydrogen-bond acceptors (Lipinski definition) is 2. The average Bonchev–Trinajstić information content (AvgIpc) is 3.22. The van der Waals surface area contributed by atoms with Crippen molar-refractivity contribution in [1.29, 1.82) is 0 Å². The Morgan fingerprint density at radius 2 is 1.04 bits per heavy atom. The summed E-state index contributed by atoms with van der Waals surface area (Å²) in [5.41, 5.74) is 0. The van der Waals surface area contributed by atoms with Gasteiger partial charge in [-0.1, -0.05) is 73.3 Å². The molecule has 2 heterocycles. The van der Waals surface area contributed by atoms with Crippen LogP contribution in [0.5, 0.6) is 0 Å². The van der Waals surface area contributed by atoms with Gasteiger partial charge in [-0.15, -0.1) is 0 Å². The van der Waals surface area contributed by atoms with Gasteiger partial charge in [0.15, 0.2) is 0 Å². The Balaban J connectivity index is -0.0000000962. The van der Waals surface area contributed by atoms with Crippen LogP contribution in [0.25, 0.3) is 4.98 Å². The summed E-state index contributed by atoms with van der Waals surface area (Å²) < 4.78 is 9.89. The maximum absolute atomic E-state index is 4.94. The zero-order chi connectivity index (χ0) is 17.2. The molecule has 3 nitrogen and oxygen atoms in total. The number of hydrogen-bond donors (Lipinski definition) is 0. The molecule has 2 rings (SSSR count). The van der Waals surface area contributed by atoms with Gasteiger partial charge in [0.2, 0.25) is 0 Å². The minimum Gasteiger partial charge on any atom is -1.00 e.